The molecule has 2 fully saturated rings. The number of thioether (sulfide) groups is 1. The van der Waals surface area contributed by atoms with Crippen molar-refractivity contribution >= 4 is 45.7 Å². The van der Waals surface area contributed by atoms with Gasteiger partial charge in [-0.2, -0.15) is 0 Å². The van der Waals surface area contributed by atoms with Crippen molar-refractivity contribution in [2.24, 2.45) is 11.8 Å². The molecule has 0 N–H and O–H groups in total. The molecule has 0 saturated carbocycles. The third kappa shape index (κ3) is 2.19. The summed E-state index contributed by atoms with van der Waals surface area (Å²) in [6.45, 7) is 3.67. The van der Waals surface area contributed by atoms with E-state index in [1.165, 1.54) is 4.70 Å². The number of likely N-dealkylation sites (tertiary alicyclic amines) is 1. The van der Waals surface area contributed by atoms with Crippen molar-refractivity contribution in [2.45, 2.75) is 5.03 Å². The molecule has 110 valence electrons. The van der Waals surface area contributed by atoms with Crippen LogP contribution in [0.3, 0.4) is 0 Å². The highest BCUT2D eigenvalue weighted by molar-refractivity contribution is 7.98. The number of hydrogen-bond acceptors (Lipinski definition) is 6. The van der Waals surface area contributed by atoms with E-state index < -0.39 is 0 Å². The summed E-state index contributed by atoms with van der Waals surface area (Å²) >= 11 is 3.38. The zero-order chi connectivity index (χ0) is 14.4. The van der Waals surface area contributed by atoms with Crippen LogP contribution in [-0.4, -0.2) is 53.7 Å². The van der Waals surface area contributed by atoms with Crippen LogP contribution in [-0.2, 0) is 4.79 Å². The van der Waals surface area contributed by atoms with Gasteiger partial charge in [-0.05, 0) is 17.7 Å². The molecule has 4 rings (SSSR count). The third-order valence-electron chi connectivity index (χ3n) is 4.40. The number of hydrogen-bond donors (Lipinski definition) is 0. The highest BCUT2D eigenvalue weighted by Crippen LogP contribution is 2.35. The molecule has 2 aromatic heterocycles. The van der Waals surface area contributed by atoms with E-state index in [0.717, 1.165) is 49.1 Å². The average molecular weight is 320 g/mol. The molecule has 2 aliphatic rings. The second-order valence-corrected chi connectivity index (χ2v) is 7.36. The number of carbonyl (C=O) groups is 1. The van der Waals surface area contributed by atoms with E-state index in [9.17, 15) is 4.79 Å². The molecule has 2 aromatic rings. The maximum Gasteiger partial charge on any atom is 0.227 e. The summed E-state index contributed by atoms with van der Waals surface area (Å²) in [5.41, 5.74) is 1.04. The van der Waals surface area contributed by atoms with Gasteiger partial charge < -0.3 is 9.80 Å². The number of nitrogens with zero attached hydrogens (tertiary/aromatic N) is 4. The Hall–Kier alpha value is -1.34. The van der Waals surface area contributed by atoms with E-state index in [0.29, 0.717) is 11.8 Å². The molecule has 7 heteroatoms. The number of carbonyl (C=O) groups excluding carboxylic acids is 1. The number of amides is 1. The normalized spacial score (nSPS) is 24.8. The predicted octanol–water partition coefficient (Wildman–Crippen LogP) is 1.94. The lowest BCUT2D eigenvalue weighted by Crippen LogP contribution is -2.29. The van der Waals surface area contributed by atoms with Gasteiger partial charge in [0, 0.05) is 38.0 Å². The lowest BCUT2D eigenvalue weighted by atomic mass is 10.0. The van der Waals surface area contributed by atoms with Crippen molar-refractivity contribution in [1.82, 2.24) is 14.9 Å². The summed E-state index contributed by atoms with van der Waals surface area (Å²) in [5, 5.41) is 3.14. The van der Waals surface area contributed by atoms with E-state index in [1.54, 1.807) is 23.1 Å². The van der Waals surface area contributed by atoms with E-state index in [-0.39, 0.29) is 0 Å². The molecule has 0 aliphatic carbocycles. The van der Waals surface area contributed by atoms with Crippen LogP contribution in [0.1, 0.15) is 0 Å². The first-order valence-electron chi connectivity index (χ1n) is 7.02. The van der Waals surface area contributed by atoms with E-state index >= 15 is 0 Å². The Balaban J connectivity index is 1.62. The largest absolute Gasteiger partial charge is 0.345 e. The van der Waals surface area contributed by atoms with Gasteiger partial charge in [0.2, 0.25) is 12.4 Å². The Morgan fingerprint density at radius 2 is 2.05 bits per heavy atom. The van der Waals surface area contributed by atoms with E-state index in [4.69, 9.17) is 9.97 Å². The number of anilines is 1. The molecule has 2 saturated heterocycles. The highest BCUT2D eigenvalue weighted by atomic mass is 32.2. The van der Waals surface area contributed by atoms with Gasteiger partial charge in [0.25, 0.3) is 0 Å². The number of rotatable bonds is 3. The second-order valence-electron chi connectivity index (χ2n) is 5.65. The van der Waals surface area contributed by atoms with Crippen LogP contribution in [0.15, 0.2) is 16.5 Å². The zero-order valence-corrected chi connectivity index (χ0v) is 13.4. The summed E-state index contributed by atoms with van der Waals surface area (Å²) in [4.78, 5) is 24.5. The third-order valence-corrected chi connectivity index (χ3v) is 6.12. The fourth-order valence-corrected chi connectivity index (χ4v) is 4.95. The molecule has 5 nitrogen and oxygen atoms in total. The molecular formula is C14H16N4OS2. The number of fused-ring (bicyclic) bond motifs is 2. The lowest BCUT2D eigenvalue weighted by Gasteiger charge is -2.19. The first kappa shape index (κ1) is 13.3. The van der Waals surface area contributed by atoms with Gasteiger partial charge in [-0.15, -0.1) is 23.1 Å². The first-order chi connectivity index (χ1) is 10.3. The van der Waals surface area contributed by atoms with Crippen molar-refractivity contribution in [1.29, 1.82) is 0 Å². The monoisotopic (exact) mass is 320 g/mol. The quantitative estimate of drug-likeness (QED) is 0.491. The molecule has 2 aliphatic heterocycles. The molecule has 0 bridgehead atoms. The van der Waals surface area contributed by atoms with Gasteiger partial charge >= 0.3 is 0 Å². The van der Waals surface area contributed by atoms with Crippen molar-refractivity contribution in [2.75, 3.05) is 37.3 Å². The average Bonchev–Trinajstić information content (AvgIpc) is 3.18. The minimum Gasteiger partial charge on any atom is -0.345 e. The zero-order valence-electron chi connectivity index (χ0n) is 11.7. The minimum atomic E-state index is 0.565. The van der Waals surface area contributed by atoms with Crippen LogP contribution in [0, 0.1) is 11.8 Å². The minimum absolute atomic E-state index is 0.565. The van der Waals surface area contributed by atoms with Gasteiger partial charge in [-0.25, -0.2) is 9.97 Å². The Kier molecular flexibility index (Phi) is 3.26. The number of aromatic nitrogens is 2. The molecule has 0 spiro atoms. The molecule has 1 amide bonds. The lowest BCUT2D eigenvalue weighted by molar-refractivity contribution is -0.117. The Labute approximate surface area is 131 Å². The fraction of sp³-hybridized carbons (Fsp3) is 0.500. The maximum absolute atomic E-state index is 10.9. The highest BCUT2D eigenvalue weighted by Gasteiger charge is 2.40. The molecular weight excluding hydrogens is 304 g/mol. The predicted molar refractivity (Wildman–Crippen MR) is 86.0 cm³/mol. The Morgan fingerprint density at radius 3 is 2.71 bits per heavy atom. The van der Waals surface area contributed by atoms with Gasteiger partial charge in [-0.1, -0.05) is 0 Å². The molecule has 0 aromatic carbocycles. The first-order valence-corrected chi connectivity index (χ1v) is 9.12. The summed E-state index contributed by atoms with van der Waals surface area (Å²) < 4.78 is 1.18. The van der Waals surface area contributed by atoms with Crippen LogP contribution in [0.4, 0.5) is 5.95 Å². The van der Waals surface area contributed by atoms with Gasteiger partial charge in [-0.3, -0.25) is 4.79 Å². The molecule has 21 heavy (non-hydrogen) atoms. The van der Waals surface area contributed by atoms with Crippen molar-refractivity contribution in [3.05, 3.63) is 11.4 Å². The SMILES string of the molecule is CSc1nc(N2C[C@H]3CN(C=O)C[C@H]3C2)nc2ccsc12. The van der Waals surface area contributed by atoms with Crippen LogP contribution in [0.2, 0.25) is 0 Å². The van der Waals surface area contributed by atoms with Crippen LogP contribution in [0.5, 0.6) is 0 Å². The van der Waals surface area contributed by atoms with Crippen LogP contribution in [0.25, 0.3) is 10.2 Å². The molecule has 0 radical (unpaired) electrons. The van der Waals surface area contributed by atoms with Crippen molar-refractivity contribution in [3.8, 4) is 0 Å². The summed E-state index contributed by atoms with van der Waals surface area (Å²) in [7, 11) is 0. The van der Waals surface area contributed by atoms with Crippen molar-refractivity contribution in [3.63, 3.8) is 0 Å². The molecule has 4 heterocycles. The van der Waals surface area contributed by atoms with Crippen LogP contribution < -0.4 is 4.90 Å². The topological polar surface area (TPSA) is 49.3 Å². The summed E-state index contributed by atoms with van der Waals surface area (Å²) in [6, 6.07) is 2.07. The molecule has 0 unspecified atom stereocenters. The van der Waals surface area contributed by atoms with Gasteiger partial charge in [0.15, 0.2) is 0 Å². The van der Waals surface area contributed by atoms with Crippen molar-refractivity contribution < 1.29 is 4.79 Å². The van der Waals surface area contributed by atoms with Gasteiger partial charge in [0.1, 0.15) is 5.03 Å². The van der Waals surface area contributed by atoms with Crippen LogP contribution >= 0.6 is 23.1 Å². The fourth-order valence-electron chi connectivity index (χ4n) is 3.38. The maximum atomic E-state index is 10.9. The van der Waals surface area contributed by atoms with Gasteiger partial charge in [0.05, 0.1) is 10.2 Å². The smallest absolute Gasteiger partial charge is 0.227 e. The number of thiophene rings is 1. The Bertz CT molecular complexity index is 675. The van der Waals surface area contributed by atoms with E-state index in [1.807, 2.05) is 4.90 Å². The second kappa shape index (κ2) is 5.14. The standard InChI is InChI=1S/C14H16N4OS2/c1-20-13-12-11(2-3-21-12)15-14(16-13)18-6-9-4-17(8-19)5-10(9)7-18/h2-3,8-10H,4-7H2,1H3/t9-,10+. The molecule has 2 atom stereocenters. The van der Waals surface area contributed by atoms with E-state index in [2.05, 4.69) is 22.6 Å². The summed E-state index contributed by atoms with van der Waals surface area (Å²) in [5.74, 6) is 1.97. The summed E-state index contributed by atoms with van der Waals surface area (Å²) in [6.07, 6.45) is 3.04. The Morgan fingerprint density at radius 1 is 1.29 bits per heavy atom.